The van der Waals surface area contributed by atoms with Gasteiger partial charge in [-0.25, -0.2) is 4.39 Å². The summed E-state index contributed by atoms with van der Waals surface area (Å²) in [7, 11) is 0. The molecule has 1 N–H and O–H groups in total. The van der Waals surface area contributed by atoms with Crippen LogP contribution in [0.3, 0.4) is 0 Å². The van der Waals surface area contributed by atoms with Gasteiger partial charge in [-0.05, 0) is 49.4 Å². The first-order chi connectivity index (χ1) is 11.2. The van der Waals surface area contributed by atoms with Crippen LogP contribution in [0, 0.1) is 5.82 Å². The molecule has 2 rings (SSSR count). The molecule has 0 saturated carbocycles. The number of nitrogens with one attached hydrogen (secondary N) is 1. The Kier molecular flexibility index (Phi) is 5.77. The lowest BCUT2D eigenvalue weighted by atomic mass is 10.1. The van der Waals surface area contributed by atoms with Crippen molar-refractivity contribution in [1.29, 1.82) is 0 Å². The van der Waals surface area contributed by atoms with Gasteiger partial charge in [-0.3, -0.25) is 4.79 Å². The van der Waals surface area contributed by atoms with Gasteiger partial charge < -0.3 is 5.32 Å². The Bertz CT molecular complexity index is 734. The summed E-state index contributed by atoms with van der Waals surface area (Å²) < 4.78 is 51.9. The summed E-state index contributed by atoms with van der Waals surface area (Å²) in [6.07, 6.45) is -4.64. The van der Waals surface area contributed by atoms with Gasteiger partial charge in [0.15, 0.2) is 0 Å². The molecule has 0 saturated heterocycles. The van der Waals surface area contributed by atoms with Gasteiger partial charge in [-0.2, -0.15) is 13.2 Å². The smallest absolute Gasteiger partial charge is 0.325 e. The van der Waals surface area contributed by atoms with Gasteiger partial charge >= 0.3 is 6.18 Å². The molecule has 0 aliphatic rings. The van der Waals surface area contributed by atoms with Crippen LogP contribution in [0.4, 0.5) is 23.2 Å². The highest BCUT2D eigenvalue weighted by Gasteiger charge is 2.34. The van der Waals surface area contributed by atoms with E-state index in [0.717, 1.165) is 23.9 Å². The number of benzene rings is 2. The van der Waals surface area contributed by atoms with Gasteiger partial charge in [0.1, 0.15) is 5.82 Å². The molecule has 8 heteroatoms. The van der Waals surface area contributed by atoms with Crippen molar-refractivity contribution < 1.29 is 22.4 Å². The summed E-state index contributed by atoms with van der Waals surface area (Å²) in [5, 5.41) is 1.51. The summed E-state index contributed by atoms with van der Waals surface area (Å²) in [5.41, 5.74) is -1.37. The third kappa shape index (κ3) is 4.88. The van der Waals surface area contributed by atoms with Crippen LogP contribution in [-0.4, -0.2) is 11.2 Å². The Morgan fingerprint density at radius 1 is 1.17 bits per heavy atom. The second-order valence-corrected chi connectivity index (χ2v) is 6.74. The average molecular weight is 378 g/mol. The second kappa shape index (κ2) is 7.44. The van der Waals surface area contributed by atoms with E-state index in [-0.39, 0.29) is 10.7 Å². The van der Waals surface area contributed by atoms with Crippen LogP contribution in [-0.2, 0) is 11.0 Å². The molecule has 0 radical (unpaired) electrons. The minimum atomic E-state index is -4.64. The lowest BCUT2D eigenvalue weighted by molar-refractivity contribution is -0.137. The summed E-state index contributed by atoms with van der Waals surface area (Å²) in [6, 6.07) is 8.61. The molecular formula is C16H12ClF4NOS. The van der Waals surface area contributed by atoms with Crippen molar-refractivity contribution in [2.45, 2.75) is 23.2 Å². The van der Waals surface area contributed by atoms with Crippen LogP contribution >= 0.6 is 23.4 Å². The van der Waals surface area contributed by atoms with Crippen LogP contribution in [0.2, 0.25) is 5.02 Å². The molecule has 1 unspecified atom stereocenters. The maximum absolute atomic E-state index is 13.0. The third-order valence-electron chi connectivity index (χ3n) is 3.04. The second-order valence-electron chi connectivity index (χ2n) is 4.89. The lowest BCUT2D eigenvalue weighted by Gasteiger charge is -2.16. The molecule has 0 spiro atoms. The fraction of sp³-hybridized carbons (Fsp3) is 0.188. The highest BCUT2D eigenvalue weighted by atomic mass is 35.5. The summed E-state index contributed by atoms with van der Waals surface area (Å²) in [4.78, 5) is 12.8. The van der Waals surface area contributed by atoms with Crippen LogP contribution < -0.4 is 5.32 Å². The largest absolute Gasteiger partial charge is 0.418 e. The summed E-state index contributed by atoms with van der Waals surface area (Å²) in [5.74, 6) is -1.01. The maximum Gasteiger partial charge on any atom is 0.418 e. The third-order valence-corrected chi connectivity index (χ3v) is 4.39. The van der Waals surface area contributed by atoms with Gasteiger partial charge in [-0.1, -0.05) is 11.6 Å². The van der Waals surface area contributed by atoms with Crippen molar-refractivity contribution in [2.24, 2.45) is 0 Å². The van der Waals surface area contributed by atoms with Crippen molar-refractivity contribution in [2.75, 3.05) is 5.32 Å². The Morgan fingerprint density at radius 2 is 1.79 bits per heavy atom. The number of alkyl halides is 3. The molecule has 1 atom stereocenters. The number of amides is 1. The van der Waals surface area contributed by atoms with E-state index in [1.54, 1.807) is 6.92 Å². The molecule has 0 aromatic heterocycles. The standard InChI is InChI=1S/C16H12ClF4NOS/c1-9(24-12-5-3-11(18)4-6-12)15(23)22-14-7-2-10(17)8-13(14)16(19,20)21/h2-9H,1H3,(H,22,23). The van der Waals surface area contributed by atoms with Gasteiger partial charge in [0.05, 0.1) is 16.5 Å². The van der Waals surface area contributed by atoms with E-state index in [2.05, 4.69) is 5.32 Å². The number of hydrogen-bond donors (Lipinski definition) is 1. The maximum atomic E-state index is 13.0. The normalized spacial score (nSPS) is 12.8. The molecule has 0 aliphatic carbocycles. The SMILES string of the molecule is CC(Sc1ccc(F)cc1)C(=O)Nc1ccc(Cl)cc1C(F)(F)F. The first-order valence-corrected chi connectivity index (χ1v) is 8.02. The molecule has 2 aromatic rings. The highest BCUT2D eigenvalue weighted by Crippen LogP contribution is 2.37. The zero-order valence-corrected chi connectivity index (χ0v) is 13.9. The quantitative estimate of drug-likeness (QED) is 0.553. The summed E-state index contributed by atoms with van der Waals surface area (Å²) >= 11 is 6.70. The van der Waals surface area contributed by atoms with Crippen LogP contribution in [0.5, 0.6) is 0 Å². The molecule has 24 heavy (non-hydrogen) atoms. The van der Waals surface area contributed by atoms with Gasteiger partial charge in [0.25, 0.3) is 0 Å². The first-order valence-electron chi connectivity index (χ1n) is 6.76. The van der Waals surface area contributed by atoms with E-state index >= 15 is 0 Å². The number of anilines is 1. The number of rotatable bonds is 4. The monoisotopic (exact) mass is 377 g/mol. The molecule has 0 aliphatic heterocycles. The molecule has 1 amide bonds. The van der Waals surface area contributed by atoms with Crippen LogP contribution in [0.25, 0.3) is 0 Å². The fourth-order valence-electron chi connectivity index (χ4n) is 1.87. The molecule has 0 heterocycles. The Labute approximate surface area is 145 Å². The molecule has 2 aromatic carbocycles. The molecule has 128 valence electrons. The number of thioether (sulfide) groups is 1. The minimum absolute atomic E-state index is 0.0749. The average Bonchev–Trinajstić information content (AvgIpc) is 2.50. The zero-order chi connectivity index (χ0) is 17.9. The molecule has 2 nitrogen and oxygen atoms in total. The number of carbonyl (C=O) groups excluding carboxylic acids is 1. The summed E-state index contributed by atoms with van der Waals surface area (Å²) in [6.45, 7) is 1.55. The highest BCUT2D eigenvalue weighted by molar-refractivity contribution is 8.00. The van der Waals surface area contributed by atoms with Crippen molar-refractivity contribution in [3.05, 3.63) is 58.9 Å². The van der Waals surface area contributed by atoms with E-state index in [1.807, 2.05) is 0 Å². The zero-order valence-electron chi connectivity index (χ0n) is 12.3. The first kappa shape index (κ1) is 18.6. The van der Waals surface area contributed by atoms with E-state index in [4.69, 9.17) is 11.6 Å². The molecule has 0 fully saturated rings. The van der Waals surface area contributed by atoms with Crippen LogP contribution in [0.15, 0.2) is 47.4 Å². The van der Waals surface area contributed by atoms with E-state index in [1.165, 1.54) is 30.3 Å². The van der Waals surface area contributed by atoms with Gasteiger partial charge in [0.2, 0.25) is 5.91 Å². The topological polar surface area (TPSA) is 29.1 Å². The Balaban J connectivity index is 2.13. The van der Waals surface area contributed by atoms with E-state index in [9.17, 15) is 22.4 Å². The minimum Gasteiger partial charge on any atom is -0.325 e. The lowest BCUT2D eigenvalue weighted by Crippen LogP contribution is -2.24. The van der Waals surface area contributed by atoms with Crippen molar-refractivity contribution in [3.8, 4) is 0 Å². The van der Waals surface area contributed by atoms with Gasteiger partial charge in [0, 0.05) is 9.92 Å². The van der Waals surface area contributed by atoms with Crippen molar-refractivity contribution in [3.63, 3.8) is 0 Å². The Hall–Kier alpha value is -1.73. The Morgan fingerprint density at radius 3 is 2.38 bits per heavy atom. The number of hydrogen-bond acceptors (Lipinski definition) is 2. The van der Waals surface area contributed by atoms with Crippen molar-refractivity contribution in [1.82, 2.24) is 0 Å². The molecular weight excluding hydrogens is 366 g/mol. The van der Waals surface area contributed by atoms with E-state index < -0.39 is 28.7 Å². The predicted octanol–water partition coefficient (Wildman–Crippen LogP) is 5.62. The number of halogens is 5. The van der Waals surface area contributed by atoms with Crippen LogP contribution in [0.1, 0.15) is 12.5 Å². The molecule has 0 bridgehead atoms. The van der Waals surface area contributed by atoms with Crippen molar-refractivity contribution >= 4 is 35.0 Å². The van der Waals surface area contributed by atoms with Gasteiger partial charge in [-0.15, -0.1) is 11.8 Å². The predicted molar refractivity (Wildman–Crippen MR) is 86.8 cm³/mol. The fourth-order valence-corrected chi connectivity index (χ4v) is 2.90. The number of carbonyl (C=O) groups is 1. The van der Waals surface area contributed by atoms with E-state index in [0.29, 0.717) is 4.90 Å².